The second-order valence-electron chi connectivity index (χ2n) is 6.52. The molecule has 1 aromatic rings. The third-order valence-corrected chi connectivity index (χ3v) is 5.88. The highest BCUT2D eigenvalue weighted by Crippen LogP contribution is 2.23. The number of nitrogens with one attached hydrogen (secondary N) is 1. The van der Waals surface area contributed by atoms with E-state index in [-0.39, 0.29) is 6.03 Å². The van der Waals surface area contributed by atoms with Gasteiger partial charge in [-0.25, -0.2) is 4.79 Å². The van der Waals surface area contributed by atoms with E-state index in [9.17, 15) is 4.79 Å². The smallest absolute Gasteiger partial charge is 0.321 e. The molecular formula is C18H27N3OS. The summed E-state index contributed by atoms with van der Waals surface area (Å²) in [5, 5.41) is 3.03. The van der Waals surface area contributed by atoms with E-state index < -0.39 is 0 Å². The van der Waals surface area contributed by atoms with Crippen molar-refractivity contribution in [3.8, 4) is 0 Å². The molecule has 3 rings (SSSR count). The number of benzene rings is 1. The van der Waals surface area contributed by atoms with Crippen LogP contribution >= 0.6 is 11.8 Å². The highest BCUT2D eigenvalue weighted by Gasteiger charge is 2.25. The number of urea groups is 1. The summed E-state index contributed by atoms with van der Waals surface area (Å²) in [5.41, 5.74) is 2.09. The van der Waals surface area contributed by atoms with Crippen LogP contribution in [0.25, 0.3) is 0 Å². The molecule has 0 aromatic heterocycles. The molecule has 0 atom stereocenters. The van der Waals surface area contributed by atoms with Crippen LogP contribution < -0.4 is 5.32 Å². The molecule has 0 saturated carbocycles. The molecule has 126 valence electrons. The topological polar surface area (TPSA) is 35.6 Å². The van der Waals surface area contributed by atoms with E-state index in [1.54, 1.807) is 0 Å². The number of nitrogens with zero attached hydrogens (tertiary/aromatic N) is 2. The van der Waals surface area contributed by atoms with Gasteiger partial charge in [-0.1, -0.05) is 17.7 Å². The van der Waals surface area contributed by atoms with Gasteiger partial charge in [0.2, 0.25) is 0 Å². The number of hydrogen-bond donors (Lipinski definition) is 1. The minimum absolute atomic E-state index is 0.0369. The Morgan fingerprint density at radius 3 is 2.57 bits per heavy atom. The Kier molecular flexibility index (Phi) is 5.84. The summed E-state index contributed by atoms with van der Waals surface area (Å²) >= 11 is 2.07. The monoisotopic (exact) mass is 333 g/mol. The fourth-order valence-electron chi connectivity index (χ4n) is 3.40. The van der Waals surface area contributed by atoms with Crippen molar-refractivity contribution in [2.45, 2.75) is 32.2 Å². The fourth-order valence-corrected chi connectivity index (χ4v) is 4.48. The lowest BCUT2D eigenvalue weighted by Gasteiger charge is -2.33. The van der Waals surface area contributed by atoms with E-state index in [0.29, 0.717) is 0 Å². The summed E-state index contributed by atoms with van der Waals surface area (Å²) in [6.07, 6.45) is 3.69. The van der Waals surface area contributed by atoms with Gasteiger partial charge in [0.25, 0.3) is 0 Å². The molecule has 23 heavy (non-hydrogen) atoms. The second-order valence-corrected chi connectivity index (χ2v) is 7.74. The molecule has 1 aromatic carbocycles. The third-order valence-electron chi connectivity index (χ3n) is 4.83. The predicted octanol–water partition coefficient (Wildman–Crippen LogP) is 3.43. The molecule has 5 heteroatoms. The lowest BCUT2D eigenvalue weighted by molar-refractivity contribution is 0.186. The fraction of sp³-hybridized carbons (Fsp3) is 0.611. The Morgan fingerprint density at radius 2 is 1.83 bits per heavy atom. The number of thioether (sulfide) groups is 1. The number of amides is 2. The first-order chi connectivity index (χ1) is 11.2. The van der Waals surface area contributed by atoms with Gasteiger partial charge < -0.3 is 10.2 Å². The second kappa shape index (κ2) is 8.06. The normalized spacial score (nSPS) is 21.0. The van der Waals surface area contributed by atoms with Crippen molar-refractivity contribution in [1.82, 2.24) is 9.80 Å². The Bertz CT molecular complexity index is 514. The molecule has 0 bridgehead atoms. The van der Waals surface area contributed by atoms with Crippen molar-refractivity contribution in [2.24, 2.45) is 0 Å². The van der Waals surface area contributed by atoms with Crippen molar-refractivity contribution in [3.63, 3.8) is 0 Å². The zero-order valence-corrected chi connectivity index (χ0v) is 14.8. The Morgan fingerprint density at radius 1 is 1.09 bits per heavy atom. The first-order valence-corrected chi connectivity index (χ1v) is 9.82. The zero-order chi connectivity index (χ0) is 16.1. The summed E-state index contributed by atoms with van der Waals surface area (Å²) in [6, 6.07) is 8.77. The number of hydrogen-bond acceptors (Lipinski definition) is 3. The summed E-state index contributed by atoms with van der Waals surface area (Å²) in [4.78, 5) is 17.1. The van der Waals surface area contributed by atoms with E-state index in [1.165, 1.54) is 29.9 Å². The molecule has 1 N–H and O–H groups in total. The quantitative estimate of drug-likeness (QED) is 0.901. The van der Waals surface area contributed by atoms with Crippen LogP contribution in [-0.4, -0.2) is 59.6 Å². The van der Waals surface area contributed by atoms with Gasteiger partial charge in [-0.2, -0.15) is 11.8 Å². The van der Waals surface area contributed by atoms with Crippen LogP contribution in [-0.2, 0) is 0 Å². The number of aryl methyl sites for hydroxylation is 1. The molecule has 0 radical (unpaired) electrons. The molecule has 0 aliphatic carbocycles. The van der Waals surface area contributed by atoms with Gasteiger partial charge in [0, 0.05) is 37.9 Å². The molecule has 2 fully saturated rings. The van der Waals surface area contributed by atoms with Crippen molar-refractivity contribution < 1.29 is 4.79 Å². The van der Waals surface area contributed by atoms with E-state index in [0.717, 1.165) is 44.3 Å². The number of carbonyl (C=O) groups is 1. The minimum Gasteiger partial charge on any atom is -0.323 e. The van der Waals surface area contributed by atoms with E-state index in [1.807, 2.05) is 29.2 Å². The van der Waals surface area contributed by atoms with Crippen molar-refractivity contribution in [3.05, 3.63) is 29.8 Å². The highest BCUT2D eigenvalue weighted by atomic mass is 32.2. The van der Waals surface area contributed by atoms with Gasteiger partial charge in [0.1, 0.15) is 0 Å². The molecule has 2 aliphatic rings. The van der Waals surface area contributed by atoms with Crippen LogP contribution in [0.4, 0.5) is 10.5 Å². The minimum atomic E-state index is 0.0369. The van der Waals surface area contributed by atoms with Crippen molar-refractivity contribution in [1.29, 1.82) is 0 Å². The molecule has 4 nitrogen and oxygen atoms in total. The van der Waals surface area contributed by atoms with Gasteiger partial charge >= 0.3 is 6.03 Å². The standard InChI is InChI=1S/C18H27N3OS/c1-15-3-5-16(6-4-15)19-18(22)21-10-2-9-20(11-12-21)17-7-13-23-14-8-17/h3-6,17H,2,7-14H2,1H3,(H,19,22). The van der Waals surface area contributed by atoms with Crippen LogP contribution in [0.5, 0.6) is 0 Å². The van der Waals surface area contributed by atoms with Gasteiger partial charge in [-0.15, -0.1) is 0 Å². The third kappa shape index (κ3) is 4.64. The highest BCUT2D eigenvalue weighted by molar-refractivity contribution is 7.99. The molecule has 2 amide bonds. The maximum atomic E-state index is 12.5. The SMILES string of the molecule is Cc1ccc(NC(=O)N2CCCN(C3CCSCC3)CC2)cc1. The largest absolute Gasteiger partial charge is 0.323 e. The summed E-state index contributed by atoms with van der Waals surface area (Å²) in [6.45, 7) is 5.88. The van der Waals surface area contributed by atoms with Gasteiger partial charge in [0.05, 0.1) is 0 Å². The maximum Gasteiger partial charge on any atom is 0.321 e. The Hall–Kier alpha value is -1.20. The van der Waals surface area contributed by atoms with Gasteiger partial charge in [-0.05, 0) is 49.8 Å². The van der Waals surface area contributed by atoms with Gasteiger partial charge in [0.15, 0.2) is 0 Å². The summed E-state index contributed by atoms with van der Waals surface area (Å²) in [7, 11) is 0. The molecular weight excluding hydrogens is 306 g/mol. The van der Waals surface area contributed by atoms with Crippen LogP contribution in [0.15, 0.2) is 24.3 Å². The molecule has 2 saturated heterocycles. The summed E-state index contributed by atoms with van der Waals surface area (Å²) < 4.78 is 0. The maximum absolute atomic E-state index is 12.5. The molecule has 0 spiro atoms. The van der Waals surface area contributed by atoms with Gasteiger partial charge in [-0.3, -0.25) is 4.90 Å². The van der Waals surface area contributed by atoms with Crippen LogP contribution in [0, 0.1) is 6.92 Å². The number of anilines is 1. The number of rotatable bonds is 2. The summed E-state index contributed by atoms with van der Waals surface area (Å²) in [5.74, 6) is 2.58. The Labute approximate surface area is 143 Å². The molecule has 0 unspecified atom stereocenters. The van der Waals surface area contributed by atoms with E-state index in [2.05, 4.69) is 28.9 Å². The lowest BCUT2D eigenvalue weighted by Crippen LogP contribution is -2.42. The first kappa shape index (κ1) is 16.7. The predicted molar refractivity (Wildman–Crippen MR) is 98.3 cm³/mol. The lowest BCUT2D eigenvalue weighted by atomic mass is 10.1. The van der Waals surface area contributed by atoms with Crippen molar-refractivity contribution in [2.75, 3.05) is 43.0 Å². The van der Waals surface area contributed by atoms with E-state index in [4.69, 9.17) is 0 Å². The van der Waals surface area contributed by atoms with Crippen LogP contribution in [0.3, 0.4) is 0 Å². The first-order valence-electron chi connectivity index (χ1n) is 8.67. The Balaban J connectivity index is 1.52. The molecule has 2 aliphatic heterocycles. The number of carbonyl (C=O) groups excluding carboxylic acids is 1. The average Bonchev–Trinajstić information content (AvgIpc) is 2.84. The van der Waals surface area contributed by atoms with Crippen LogP contribution in [0.2, 0.25) is 0 Å². The zero-order valence-electron chi connectivity index (χ0n) is 14.0. The van der Waals surface area contributed by atoms with E-state index >= 15 is 0 Å². The average molecular weight is 334 g/mol. The van der Waals surface area contributed by atoms with Crippen LogP contribution in [0.1, 0.15) is 24.8 Å². The van der Waals surface area contributed by atoms with Crippen molar-refractivity contribution >= 4 is 23.5 Å². The molecule has 2 heterocycles.